The number of nitro groups is 4. The molecule has 0 bridgehead atoms. The molecule has 0 aromatic carbocycles. The Bertz CT molecular complexity index is 459. The highest BCUT2D eigenvalue weighted by Gasteiger charge is 2.70. The van der Waals surface area contributed by atoms with E-state index in [0.29, 0.717) is 0 Å². The van der Waals surface area contributed by atoms with Gasteiger partial charge in [0.15, 0.2) is 0 Å². The zero-order chi connectivity index (χ0) is 18.6. The molecule has 0 unspecified atom stereocenters. The summed E-state index contributed by atoms with van der Waals surface area (Å²) in [5, 5.41) is 42.2. The summed E-state index contributed by atoms with van der Waals surface area (Å²) in [7, 11) is 0. The van der Waals surface area contributed by atoms with Gasteiger partial charge in [-0.1, -0.05) is 0 Å². The van der Waals surface area contributed by atoms with E-state index >= 15 is 0 Å². The summed E-state index contributed by atoms with van der Waals surface area (Å²) in [6.45, 7) is -5.01. The van der Waals surface area contributed by atoms with Crippen LogP contribution in [0.15, 0.2) is 0 Å². The van der Waals surface area contributed by atoms with Crippen LogP contribution in [-0.4, -0.2) is 49.4 Å². The van der Waals surface area contributed by atoms with Crippen LogP contribution in [0.25, 0.3) is 0 Å². The number of alkyl halides is 4. The fourth-order valence-corrected chi connectivity index (χ4v) is 1.43. The van der Waals surface area contributed by atoms with Crippen LogP contribution in [0.1, 0.15) is 0 Å². The topological polar surface area (TPSA) is 191 Å². The third kappa shape index (κ3) is 4.03. The predicted molar refractivity (Wildman–Crippen MR) is 62.0 cm³/mol. The maximum atomic E-state index is 12.7. The second-order valence-electron chi connectivity index (χ2n) is 3.45. The molecule has 0 heterocycles. The summed E-state index contributed by atoms with van der Waals surface area (Å²) in [6.07, 6.45) is 0. The minimum absolute atomic E-state index is 1.98. The van der Waals surface area contributed by atoms with Crippen LogP contribution in [0.2, 0.25) is 0 Å². The van der Waals surface area contributed by atoms with Gasteiger partial charge >= 0.3 is 16.4 Å². The maximum absolute atomic E-state index is 12.7. The van der Waals surface area contributed by atoms with Crippen molar-refractivity contribution in [1.29, 1.82) is 0 Å². The maximum Gasteiger partial charge on any atom is 0.611 e. The van der Waals surface area contributed by atoms with E-state index in [1.54, 1.807) is 0 Å². The van der Waals surface area contributed by atoms with Crippen LogP contribution >= 0.6 is 23.2 Å². The van der Waals surface area contributed by atoms with E-state index in [-0.39, 0.29) is 0 Å². The van der Waals surface area contributed by atoms with Crippen LogP contribution in [0.5, 0.6) is 0 Å². The van der Waals surface area contributed by atoms with Crippen LogP contribution in [0, 0.1) is 40.5 Å². The first kappa shape index (κ1) is 21.0. The Morgan fingerprint density at radius 2 is 0.957 bits per heavy atom. The van der Waals surface area contributed by atoms with E-state index in [9.17, 15) is 49.2 Å². The zero-order valence-electron chi connectivity index (χ0n) is 10.3. The second-order valence-corrected chi connectivity index (χ2v) is 4.64. The molecular formula is C5H4Cl2F2N4O10. The quantitative estimate of drug-likeness (QED) is 0.219. The van der Waals surface area contributed by atoms with E-state index in [0.717, 1.165) is 0 Å². The van der Waals surface area contributed by atoms with Crippen molar-refractivity contribution in [3.8, 4) is 0 Å². The molecule has 23 heavy (non-hydrogen) atoms. The van der Waals surface area contributed by atoms with Crippen molar-refractivity contribution in [3.05, 3.63) is 40.5 Å². The second kappa shape index (κ2) is 7.02. The van der Waals surface area contributed by atoms with Crippen molar-refractivity contribution in [3.63, 3.8) is 0 Å². The van der Waals surface area contributed by atoms with Crippen molar-refractivity contribution in [2.75, 3.05) is 13.3 Å². The fourth-order valence-electron chi connectivity index (χ4n) is 0.934. The molecule has 0 aromatic rings. The standard InChI is InChI=1S/C5H4Cl2F2N4O10/c6-5(7,22-3(1-8,10(14)15)11(16)17)23-4(2-9,12(18)19)13(20)21/h1-2H2. The van der Waals surface area contributed by atoms with Crippen LogP contribution in [0.4, 0.5) is 8.78 Å². The number of hydrogen-bond acceptors (Lipinski definition) is 10. The lowest BCUT2D eigenvalue weighted by Crippen LogP contribution is -2.59. The Labute approximate surface area is 132 Å². The Balaban J connectivity index is 5.81. The third-order valence-electron chi connectivity index (χ3n) is 2.05. The van der Waals surface area contributed by atoms with Gasteiger partial charge in [-0.15, -0.1) is 0 Å². The number of ether oxygens (including phenoxy) is 2. The van der Waals surface area contributed by atoms with Gasteiger partial charge in [0.05, 0.1) is 0 Å². The Hall–Kier alpha value is -2.04. The van der Waals surface area contributed by atoms with E-state index in [4.69, 9.17) is 23.2 Å². The molecule has 0 aromatic heterocycles. The minimum Gasteiger partial charge on any atom is -0.256 e. The highest BCUT2D eigenvalue weighted by atomic mass is 35.5. The first-order valence-corrected chi connectivity index (χ1v) is 5.55. The average Bonchev–Trinajstić information content (AvgIpc) is 2.40. The molecule has 0 saturated heterocycles. The van der Waals surface area contributed by atoms with E-state index in [2.05, 4.69) is 9.47 Å². The fraction of sp³-hybridized carbons (Fsp3) is 1.00. The highest BCUT2D eigenvalue weighted by Crippen LogP contribution is 2.36. The van der Waals surface area contributed by atoms with Crippen LogP contribution in [-0.2, 0) is 9.47 Å². The Morgan fingerprint density at radius 3 is 1.09 bits per heavy atom. The summed E-state index contributed by atoms with van der Waals surface area (Å²) in [5.74, 6) is -8.42. The lowest BCUT2D eigenvalue weighted by molar-refractivity contribution is -0.875. The molecule has 0 aliphatic carbocycles. The molecule has 0 N–H and O–H groups in total. The van der Waals surface area contributed by atoms with E-state index < -0.39 is 49.4 Å². The number of rotatable bonds is 10. The van der Waals surface area contributed by atoms with Crippen molar-refractivity contribution in [2.24, 2.45) is 0 Å². The van der Waals surface area contributed by atoms with Gasteiger partial charge in [-0.2, -0.15) is 9.47 Å². The molecule has 0 amide bonds. The lowest BCUT2D eigenvalue weighted by atomic mass is 10.5. The van der Waals surface area contributed by atoms with E-state index in [1.807, 2.05) is 0 Å². The summed E-state index contributed by atoms with van der Waals surface area (Å²) in [4.78, 5) is 34.3. The van der Waals surface area contributed by atoms with Crippen molar-refractivity contribution in [2.45, 2.75) is 16.4 Å². The van der Waals surface area contributed by atoms with Gasteiger partial charge in [-0.25, -0.2) is 8.78 Å². The van der Waals surface area contributed by atoms with Crippen molar-refractivity contribution < 1.29 is 37.9 Å². The highest BCUT2D eigenvalue weighted by molar-refractivity contribution is 6.46. The molecule has 0 spiro atoms. The van der Waals surface area contributed by atoms with Gasteiger partial charge < -0.3 is 0 Å². The zero-order valence-corrected chi connectivity index (χ0v) is 11.8. The minimum atomic E-state index is -4.21. The van der Waals surface area contributed by atoms with Crippen molar-refractivity contribution in [1.82, 2.24) is 0 Å². The molecule has 0 aliphatic rings. The Kier molecular flexibility index (Phi) is 6.40. The molecule has 132 valence electrons. The number of hydrogen-bond donors (Lipinski definition) is 0. The summed E-state index contributed by atoms with van der Waals surface area (Å²) < 4.78 is 28.8. The first-order chi connectivity index (χ1) is 10.3. The molecule has 0 radical (unpaired) electrons. The molecule has 0 fully saturated rings. The SMILES string of the molecule is O=[N+]([O-])C(CF)(OC(Cl)(Cl)OC(CF)([N+](=O)[O-])[N+](=O)[O-])[N+](=O)[O-]. The van der Waals surface area contributed by atoms with Gasteiger partial charge in [0.25, 0.3) is 13.3 Å². The smallest absolute Gasteiger partial charge is 0.256 e. The largest absolute Gasteiger partial charge is 0.611 e. The van der Waals surface area contributed by atoms with Gasteiger partial charge in [0, 0.05) is 0 Å². The van der Waals surface area contributed by atoms with Gasteiger partial charge in [-0.3, -0.25) is 40.5 Å². The van der Waals surface area contributed by atoms with Gasteiger partial charge in [-0.05, 0) is 23.2 Å². The summed E-state index contributed by atoms with van der Waals surface area (Å²) in [6, 6.07) is 0. The van der Waals surface area contributed by atoms with Gasteiger partial charge in [0.2, 0.25) is 0 Å². The average molecular weight is 389 g/mol. The van der Waals surface area contributed by atoms with Crippen LogP contribution in [0.3, 0.4) is 0 Å². The number of nitrogens with zero attached hydrogens (tertiary/aromatic N) is 4. The molecule has 0 rings (SSSR count). The first-order valence-electron chi connectivity index (χ1n) is 4.79. The summed E-state index contributed by atoms with van der Waals surface area (Å²) in [5.41, 5.74) is 0. The molecule has 0 aliphatic heterocycles. The van der Waals surface area contributed by atoms with Gasteiger partial charge in [0.1, 0.15) is 19.7 Å². The monoisotopic (exact) mass is 388 g/mol. The van der Waals surface area contributed by atoms with E-state index in [1.165, 1.54) is 0 Å². The molecule has 14 nitrogen and oxygen atoms in total. The third-order valence-corrected chi connectivity index (χ3v) is 2.36. The lowest BCUT2D eigenvalue weighted by Gasteiger charge is -2.25. The molecule has 0 saturated carbocycles. The predicted octanol–water partition coefficient (Wildman–Crippen LogP) is 0.462. The van der Waals surface area contributed by atoms with Crippen LogP contribution < -0.4 is 0 Å². The number of halogens is 4. The summed E-state index contributed by atoms with van der Waals surface area (Å²) >= 11 is 10.0. The molecule has 0 atom stereocenters. The molecule has 18 heteroatoms. The Morgan fingerprint density at radius 1 is 0.739 bits per heavy atom. The van der Waals surface area contributed by atoms with Crippen molar-refractivity contribution >= 4 is 23.2 Å². The normalized spacial score (nSPS) is 12.7. The molecular weight excluding hydrogens is 385 g/mol.